The number of carboxylic acid groups (broad SMARTS) is 1. The first-order valence-electron chi connectivity index (χ1n) is 5.74. The quantitative estimate of drug-likeness (QED) is 0.774. The van der Waals surface area contributed by atoms with Crippen LogP contribution in [0.4, 0.5) is 11.9 Å². The Morgan fingerprint density at radius 2 is 2.10 bits per heavy atom. The molecular formula is C12H10ClN5O2. The number of hydrogen-bond acceptors (Lipinski definition) is 5. The molecule has 4 N–H and O–H groups in total. The number of aromatic nitrogens is 3. The molecule has 2 aromatic rings. The highest BCUT2D eigenvalue weighted by atomic mass is 35.5. The van der Waals surface area contributed by atoms with E-state index in [4.69, 9.17) is 22.4 Å². The Morgan fingerprint density at radius 3 is 2.75 bits per heavy atom. The average molecular weight is 292 g/mol. The van der Waals surface area contributed by atoms with Gasteiger partial charge in [0.1, 0.15) is 11.7 Å². The third-order valence-electron chi connectivity index (χ3n) is 2.92. The number of halogens is 1. The Balaban J connectivity index is 2.11. The minimum Gasteiger partial charge on any atom is -0.477 e. The van der Waals surface area contributed by atoms with Gasteiger partial charge in [0.2, 0.25) is 11.9 Å². The van der Waals surface area contributed by atoms with E-state index >= 15 is 0 Å². The molecule has 1 aromatic heterocycles. The number of nitrogens with two attached hydrogens (primary N) is 1. The summed E-state index contributed by atoms with van der Waals surface area (Å²) in [4.78, 5) is 15.1. The van der Waals surface area contributed by atoms with E-state index in [1.807, 2.05) is 0 Å². The lowest BCUT2D eigenvalue weighted by Gasteiger charge is -2.22. The number of aliphatic carboxylic acids is 1. The first-order chi connectivity index (χ1) is 9.54. The molecule has 1 aliphatic heterocycles. The van der Waals surface area contributed by atoms with Gasteiger partial charge in [-0.3, -0.25) is 0 Å². The first-order valence-corrected chi connectivity index (χ1v) is 6.12. The molecule has 0 saturated carbocycles. The minimum absolute atomic E-state index is 0.0323. The predicted octanol–water partition coefficient (Wildman–Crippen LogP) is 1.50. The summed E-state index contributed by atoms with van der Waals surface area (Å²) in [7, 11) is 0. The summed E-state index contributed by atoms with van der Waals surface area (Å²) in [5.41, 5.74) is 6.44. The summed E-state index contributed by atoms with van der Waals surface area (Å²) in [6, 6.07) is 6.66. The zero-order chi connectivity index (χ0) is 14.3. The van der Waals surface area contributed by atoms with Gasteiger partial charge in [0, 0.05) is 5.02 Å². The zero-order valence-electron chi connectivity index (χ0n) is 10.1. The molecule has 0 spiro atoms. The summed E-state index contributed by atoms with van der Waals surface area (Å²) < 4.78 is 1.53. The molecule has 8 heteroatoms. The van der Waals surface area contributed by atoms with E-state index in [2.05, 4.69) is 15.4 Å². The molecule has 7 nitrogen and oxygen atoms in total. The second-order valence-electron chi connectivity index (χ2n) is 4.25. The van der Waals surface area contributed by atoms with Crippen LogP contribution in [0.3, 0.4) is 0 Å². The molecule has 0 amide bonds. The van der Waals surface area contributed by atoms with Crippen molar-refractivity contribution < 1.29 is 9.90 Å². The summed E-state index contributed by atoms with van der Waals surface area (Å²) in [6.45, 7) is 0. The van der Waals surface area contributed by atoms with Gasteiger partial charge in [-0.15, -0.1) is 5.10 Å². The van der Waals surface area contributed by atoms with Crippen LogP contribution in [0.1, 0.15) is 11.6 Å². The highest BCUT2D eigenvalue weighted by Gasteiger charge is 2.26. The number of nitrogen functional groups attached to an aromatic ring is 1. The second-order valence-corrected chi connectivity index (χ2v) is 4.68. The van der Waals surface area contributed by atoms with Crippen molar-refractivity contribution in [2.45, 2.75) is 6.04 Å². The van der Waals surface area contributed by atoms with E-state index in [0.717, 1.165) is 5.56 Å². The molecule has 1 aromatic carbocycles. The molecule has 0 aliphatic carbocycles. The monoisotopic (exact) mass is 291 g/mol. The number of carbonyl (C=O) groups is 1. The van der Waals surface area contributed by atoms with Gasteiger partial charge in [-0.2, -0.15) is 4.98 Å². The van der Waals surface area contributed by atoms with E-state index in [-0.39, 0.29) is 11.6 Å². The lowest BCUT2D eigenvalue weighted by Crippen LogP contribution is -2.24. The van der Waals surface area contributed by atoms with Crippen LogP contribution in [0.15, 0.2) is 36.0 Å². The van der Waals surface area contributed by atoms with Crippen molar-refractivity contribution in [3.8, 4) is 0 Å². The summed E-state index contributed by atoms with van der Waals surface area (Å²) in [5.74, 6) is -0.703. The first kappa shape index (κ1) is 12.5. The molecule has 1 unspecified atom stereocenters. The van der Waals surface area contributed by atoms with Crippen LogP contribution in [-0.4, -0.2) is 25.8 Å². The number of rotatable bonds is 2. The number of anilines is 2. The number of benzene rings is 1. The number of hydrogen-bond donors (Lipinski definition) is 3. The fourth-order valence-corrected chi connectivity index (χ4v) is 2.16. The van der Waals surface area contributed by atoms with Crippen LogP contribution in [0.2, 0.25) is 5.02 Å². The summed E-state index contributed by atoms with van der Waals surface area (Å²) >= 11 is 5.86. The smallest absolute Gasteiger partial charge is 0.352 e. The minimum atomic E-state index is -1.07. The van der Waals surface area contributed by atoms with Gasteiger partial charge in [0.15, 0.2) is 0 Å². The maximum Gasteiger partial charge on any atom is 0.352 e. The SMILES string of the molecule is Nc1nc2n(n1)C(c1ccc(Cl)cc1)C=C(C(=O)O)N2. The number of nitrogens with one attached hydrogen (secondary N) is 1. The van der Waals surface area contributed by atoms with Gasteiger partial charge in [0.05, 0.1) is 0 Å². The van der Waals surface area contributed by atoms with E-state index in [0.29, 0.717) is 11.0 Å². The van der Waals surface area contributed by atoms with Crippen molar-refractivity contribution in [2.75, 3.05) is 11.1 Å². The molecule has 0 radical (unpaired) electrons. The lowest BCUT2D eigenvalue weighted by atomic mass is 10.0. The topological polar surface area (TPSA) is 106 Å². The normalized spacial score (nSPS) is 17.1. The number of allylic oxidation sites excluding steroid dienone is 1. The molecular weight excluding hydrogens is 282 g/mol. The molecule has 2 heterocycles. The Bertz CT molecular complexity index is 707. The number of nitrogens with zero attached hydrogens (tertiary/aromatic N) is 3. The maximum absolute atomic E-state index is 11.2. The van der Waals surface area contributed by atoms with Gasteiger partial charge < -0.3 is 16.2 Å². The molecule has 1 atom stereocenters. The van der Waals surface area contributed by atoms with Crippen LogP contribution in [-0.2, 0) is 4.79 Å². The van der Waals surface area contributed by atoms with E-state index in [1.165, 1.54) is 4.68 Å². The molecule has 1 aliphatic rings. The van der Waals surface area contributed by atoms with Crippen LogP contribution in [0, 0.1) is 0 Å². The molecule has 102 valence electrons. The van der Waals surface area contributed by atoms with Crippen LogP contribution in [0.25, 0.3) is 0 Å². The third-order valence-corrected chi connectivity index (χ3v) is 3.18. The van der Waals surface area contributed by atoms with Crippen LogP contribution >= 0.6 is 11.6 Å². The van der Waals surface area contributed by atoms with Gasteiger partial charge in [0.25, 0.3) is 0 Å². The van der Waals surface area contributed by atoms with E-state index in [9.17, 15) is 4.79 Å². The van der Waals surface area contributed by atoms with Crippen molar-refractivity contribution in [1.82, 2.24) is 14.8 Å². The van der Waals surface area contributed by atoms with Crippen molar-refractivity contribution >= 4 is 29.5 Å². The molecule has 20 heavy (non-hydrogen) atoms. The Hall–Kier alpha value is -2.54. The van der Waals surface area contributed by atoms with E-state index in [1.54, 1.807) is 30.3 Å². The van der Waals surface area contributed by atoms with Gasteiger partial charge in [-0.1, -0.05) is 23.7 Å². The van der Waals surface area contributed by atoms with Crippen LogP contribution < -0.4 is 11.1 Å². The largest absolute Gasteiger partial charge is 0.477 e. The summed E-state index contributed by atoms with van der Waals surface area (Å²) in [5, 5.41) is 16.5. The predicted molar refractivity (Wildman–Crippen MR) is 73.4 cm³/mol. The maximum atomic E-state index is 11.2. The molecule has 0 saturated heterocycles. The average Bonchev–Trinajstić information content (AvgIpc) is 2.78. The zero-order valence-corrected chi connectivity index (χ0v) is 10.9. The fraction of sp³-hybridized carbons (Fsp3) is 0.0833. The third kappa shape index (κ3) is 2.08. The lowest BCUT2D eigenvalue weighted by molar-refractivity contribution is -0.132. The number of fused-ring (bicyclic) bond motifs is 1. The highest BCUT2D eigenvalue weighted by Crippen LogP contribution is 2.29. The van der Waals surface area contributed by atoms with Gasteiger partial charge >= 0.3 is 5.97 Å². The van der Waals surface area contributed by atoms with Crippen molar-refractivity contribution in [2.24, 2.45) is 0 Å². The Morgan fingerprint density at radius 1 is 1.40 bits per heavy atom. The van der Waals surface area contributed by atoms with Crippen molar-refractivity contribution in [3.63, 3.8) is 0 Å². The molecule has 0 fully saturated rings. The van der Waals surface area contributed by atoms with Crippen LogP contribution in [0.5, 0.6) is 0 Å². The van der Waals surface area contributed by atoms with Gasteiger partial charge in [-0.05, 0) is 23.8 Å². The van der Waals surface area contributed by atoms with Crippen molar-refractivity contribution in [3.05, 3.63) is 46.6 Å². The molecule has 3 rings (SSSR count). The second kappa shape index (κ2) is 4.53. The Labute approximate surface area is 118 Å². The summed E-state index contributed by atoms with van der Waals surface area (Å²) in [6.07, 6.45) is 1.55. The number of carboxylic acids is 1. The standard InChI is InChI=1S/C12H10ClN5O2/c13-7-3-1-6(2-4-7)9-5-8(10(19)20)15-12-16-11(14)17-18(9)12/h1-5,9H,(H,19,20)(H3,14,15,16,17). The fourth-order valence-electron chi connectivity index (χ4n) is 2.03. The van der Waals surface area contributed by atoms with E-state index < -0.39 is 12.0 Å². The van der Waals surface area contributed by atoms with Gasteiger partial charge in [-0.25, -0.2) is 9.48 Å². The van der Waals surface area contributed by atoms with Crippen molar-refractivity contribution in [1.29, 1.82) is 0 Å². The molecule has 0 bridgehead atoms. The Kier molecular flexibility index (Phi) is 2.83. The highest BCUT2D eigenvalue weighted by molar-refractivity contribution is 6.30.